The smallest absolute Gasteiger partial charge is 0.161 e. The zero-order chi connectivity index (χ0) is 24.1. The maximum atomic E-state index is 10.1. The lowest BCUT2D eigenvalue weighted by molar-refractivity contribution is 0.0414. The zero-order valence-corrected chi connectivity index (χ0v) is 21.2. The minimum Gasteiger partial charge on any atom is -0.508 e. The van der Waals surface area contributed by atoms with Crippen LogP contribution in [0.1, 0.15) is 61.3 Å². The summed E-state index contributed by atoms with van der Waals surface area (Å²) >= 11 is 0. The van der Waals surface area contributed by atoms with Crippen molar-refractivity contribution in [2.75, 3.05) is 39.2 Å². The van der Waals surface area contributed by atoms with E-state index in [1.165, 1.54) is 48.2 Å². The summed E-state index contributed by atoms with van der Waals surface area (Å²) in [5, 5.41) is 17.8. The van der Waals surface area contributed by atoms with Gasteiger partial charge in [-0.25, -0.2) is 0 Å². The zero-order valence-electron chi connectivity index (χ0n) is 21.2. The van der Waals surface area contributed by atoms with Gasteiger partial charge in [-0.3, -0.25) is 4.90 Å². The number of phenolic OH excluding ortho intramolecular Hbond substituents is 1. The average Bonchev–Trinajstić information content (AvgIpc) is 3.26. The van der Waals surface area contributed by atoms with Crippen molar-refractivity contribution in [1.29, 1.82) is 0 Å². The Balaban J connectivity index is 1.25. The summed E-state index contributed by atoms with van der Waals surface area (Å²) in [4.78, 5) is 2.72. The van der Waals surface area contributed by atoms with Gasteiger partial charge in [0.15, 0.2) is 11.5 Å². The number of methoxy groups -OCH3 is 2. The summed E-state index contributed by atoms with van der Waals surface area (Å²) in [6.07, 6.45) is 5.83. The van der Waals surface area contributed by atoms with Crippen molar-refractivity contribution >= 4 is 5.69 Å². The van der Waals surface area contributed by atoms with Gasteiger partial charge >= 0.3 is 0 Å². The third-order valence-electron chi connectivity index (χ3n) is 9.34. The molecule has 3 N–H and O–H groups in total. The van der Waals surface area contributed by atoms with Gasteiger partial charge < -0.3 is 25.2 Å². The van der Waals surface area contributed by atoms with Crippen LogP contribution in [0.4, 0.5) is 5.69 Å². The van der Waals surface area contributed by atoms with Gasteiger partial charge in [0, 0.05) is 42.8 Å². The third kappa shape index (κ3) is 3.95. The first-order valence-electron chi connectivity index (χ1n) is 13.4. The summed E-state index contributed by atoms with van der Waals surface area (Å²) < 4.78 is 11.3. The molecule has 6 atom stereocenters. The molecular weight excluding hydrogens is 438 g/mol. The van der Waals surface area contributed by atoms with Crippen LogP contribution in [0.2, 0.25) is 0 Å². The standard InChI is InChI=1S/C29H39N3O3/c1-4-17-16-32-10-8-18-13-27(34-2)28(35-3)15-22(18)26(32)12-19(17)11-25-29-21(7-9-30-25)23-14-20(33)5-6-24(23)31-29/h5-6,13-15,17,19,21,25-26,29-31,33H,4,7-12,16H2,1-3H3. The highest BCUT2D eigenvalue weighted by molar-refractivity contribution is 5.62. The van der Waals surface area contributed by atoms with Crippen molar-refractivity contribution in [1.82, 2.24) is 10.2 Å². The van der Waals surface area contributed by atoms with Gasteiger partial charge in [0.1, 0.15) is 5.75 Å². The van der Waals surface area contributed by atoms with E-state index >= 15 is 0 Å². The van der Waals surface area contributed by atoms with E-state index in [4.69, 9.17) is 9.47 Å². The highest BCUT2D eigenvalue weighted by Gasteiger charge is 2.44. The fraction of sp³-hybridized carbons (Fsp3) is 0.586. The van der Waals surface area contributed by atoms with Crippen molar-refractivity contribution in [3.05, 3.63) is 47.0 Å². The van der Waals surface area contributed by atoms with Gasteiger partial charge in [-0.1, -0.05) is 13.3 Å². The molecule has 0 aliphatic carbocycles. The highest BCUT2D eigenvalue weighted by Crippen LogP contribution is 2.48. The molecule has 2 fully saturated rings. The molecule has 6 heteroatoms. The number of piperidine rings is 2. The molecule has 35 heavy (non-hydrogen) atoms. The van der Waals surface area contributed by atoms with Crippen LogP contribution in [0.5, 0.6) is 17.2 Å². The number of benzene rings is 2. The van der Waals surface area contributed by atoms with Crippen LogP contribution >= 0.6 is 0 Å². The van der Waals surface area contributed by atoms with Gasteiger partial charge in [-0.2, -0.15) is 0 Å². The summed E-state index contributed by atoms with van der Waals surface area (Å²) in [5.74, 6) is 3.95. The number of ether oxygens (including phenoxy) is 2. The molecule has 4 aliphatic heterocycles. The van der Waals surface area contributed by atoms with Gasteiger partial charge in [-0.15, -0.1) is 0 Å². The van der Waals surface area contributed by atoms with Crippen molar-refractivity contribution < 1.29 is 14.6 Å². The molecular formula is C29H39N3O3. The summed E-state index contributed by atoms with van der Waals surface area (Å²) in [7, 11) is 3.46. The topological polar surface area (TPSA) is 66.0 Å². The van der Waals surface area contributed by atoms with Gasteiger partial charge in [0.2, 0.25) is 0 Å². The Hall–Kier alpha value is -2.44. The first-order chi connectivity index (χ1) is 17.1. The van der Waals surface area contributed by atoms with E-state index in [2.05, 4.69) is 34.6 Å². The van der Waals surface area contributed by atoms with E-state index in [1.807, 2.05) is 12.1 Å². The van der Waals surface area contributed by atoms with E-state index in [1.54, 1.807) is 20.3 Å². The van der Waals surface area contributed by atoms with Crippen LogP contribution in [0, 0.1) is 11.8 Å². The summed E-state index contributed by atoms with van der Waals surface area (Å²) in [5.41, 5.74) is 5.35. The van der Waals surface area contributed by atoms with Gasteiger partial charge in [0.25, 0.3) is 0 Å². The first-order valence-corrected chi connectivity index (χ1v) is 13.4. The number of nitrogens with zero attached hydrogens (tertiary/aromatic N) is 1. The molecule has 2 saturated heterocycles. The fourth-order valence-electron chi connectivity index (χ4n) is 7.54. The first kappa shape index (κ1) is 23.0. The second-order valence-electron chi connectivity index (χ2n) is 11.0. The van der Waals surface area contributed by atoms with Gasteiger partial charge in [0.05, 0.1) is 14.2 Å². The molecule has 0 saturated carbocycles. The molecule has 4 aliphatic rings. The molecule has 0 bridgehead atoms. The number of anilines is 1. The summed E-state index contributed by atoms with van der Waals surface area (Å²) in [6, 6.07) is 11.6. The number of hydrogen-bond acceptors (Lipinski definition) is 6. The normalized spacial score (nSPS) is 31.5. The number of nitrogens with one attached hydrogen (secondary N) is 2. The number of hydrogen-bond donors (Lipinski definition) is 3. The Kier molecular flexibility index (Phi) is 6.05. The van der Waals surface area contributed by atoms with Crippen LogP contribution in [0.3, 0.4) is 0 Å². The SMILES string of the molecule is CCC1CN2CCc3cc(OC)c(OC)cc3C2CC1CC1NCCC2c3cc(O)ccc3NC12. The molecule has 0 amide bonds. The van der Waals surface area contributed by atoms with Crippen molar-refractivity contribution in [3.63, 3.8) is 0 Å². The third-order valence-corrected chi connectivity index (χ3v) is 9.34. The maximum absolute atomic E-state index is 10.1. The van der Waals surface area contributed by atoms with E-state index in [9.17, 15) is 5.11 Å². The van der Waals surface area contributed by atoms with Crippen LogP contribution in [0.15, 0.2) is 30.3 Å². The van der Waals surface area contributed by atoms with Crippen molar-refractivity contribution in [2.45, 2.75) is 63.1 Å². The molecule has 6 unspecified atom stereocenters. The average molecular weight is 478 g/mol. The Bertz CT molecular complexity index is 1090. The van der Waals surface area contributed by atoms with Crippen LogP contribution in [-0.2, 0) is 6.42 Å². The molecule has 0 spiro atoms. The van der Waals surface area contributed by atoms with Gasteiger partial charge in [-0.05, 0) is 91.1 Å². The van der Waals surface area contributed by atoms with Crippen molar-refractivity contribution in [2.24, 2.45) is 11.8 Å². The van der Waals surface area contributed by atoms with Crippen LogP contribution in [-0.4, -0.2) is 55.9 Å². The molecule has 2 aromatic rings. The molecule has 4 heterocycles. The monoisotopic (exact) mass is 477 g/mol. The number of phenols is 1. The van der Waals surface area contributed by atoms with E-state index in [0.717, 1.165) is 43.3 Å². The Morgan fingerprint density at radius 3 is 2.69 bits per heavy atom. The second kappa shape index (κ2) is 9.21. The molecule has 2 aromatic carbocycles. The molecule has 6 nitrogen and oxygen atoms in total. The fourth-order valence-corrected chi connectivity index (χ4v) is 7.54. The molecule has 0 aromatic heterocycles. The van der Waals surface area contributed by atoms with E-state index < -0.39 is 0 Å². The minimum absolute atomic E-state index is 0.378. The number of aromatic hydroxyl groups is 1. The quantitative estimate of drug-likeness (QED) is 0.543. The molecule has 188 valence electrons. The van der Waals surface area contributed by atoms with E-state index in [0.29, 0.717) is 35.7 Å². The van der Waals surface area contributed by atoms with Crippen molar-refractivity contribution in [3.8, 4) is 17.2 Å². The lowest BCUT2D eigenvalue weighted by Crippen LogP contribution is -2.53. The largest absolute Gasteiger partial charge is 0.508 e. The molecule has 6 rings (SSSR count). The summed E-state index contributed by atoms with van der Waals surface area (Å²) in [6.45, 7) is 5.72. The Morgan fingerprint density at radius 2 is 1.89 bits per heavy atom. The second-order valence-corrected chi connectivity index (χ2v) is 11.0. The lowest BCUT2D eigenvalue weighted by Gasteiger charge is -2.49. The number of fused-ring (bicyclic) bond motifs is 6. The molecule has 0 radical (unpaired) electrons. The Labute approximate surface area is 209 Å². The minimum atomic E-state index is 0.378. The highest BCUT2D eigenvalue weighted by atomic mass is 16.5. The van der Waals surface area contributed by atoms with E-state index in [-0.39, 0.29) is 0 Å². The lowest BCUT2D eigenvalue weighted by atomic mass is 9.71. The van der Waals surface area contributed by atoms with Crippen LogP contribution in [0.25, 0.3) is 0 Å². The van der Waals surface area contributed by atoms with Crippen LogP contribution < -0.4 is 20.1 Å². The predicted octanol–water partition coefficient (Wildman–Crippen LogP) is 4.68. The number of rotatable bonds is 5. The maximum Gasteiger partial charge on any atom is 0.161 e. The Morgan fingerprint density at radius 1 is 1.06 bits per heavy atom. The predicted molar refractivity (Wildman–Crippen MR) is 139 cm³/mol.